The van der Waals surface area contributed by atoms with Gasteiger partial charge in [-0.15, -0.1) is 0 Å². The molecule has 2 aromatic rings. The molecular weight excluding hydrogens is 292 g/mol. The maximum atomic E-state index is 12.2. The van der Waals surface area contributed by atoms with E-state index in [1.807, 2.05) is 6.07 Å². The summed E-state index contributed by atoms with van der Waals surface area (Å²) in [5.41, 5.74) is 0.775. The topological polar surface area (TPSA) is 97.0 Å². The number of nitriles is 1. The van der Waals surface area contributed by atoms with Crippen molar-refractivity contribution in [2.24, 2.45) is 0 Å². The van der Waals surface area contributed by atoms with Crippen LogP contribution in [0.1, 0.15) is 5.56 Å². The van der Waals surface area contributed by atoms with Gasteiger partial charge in [0.1, 0.15) is 0 Å². The lowest BCUT2D eigenvalue weighted by Crippen LogP contribution is -2.12. The van der Waals surface area contributed by atoms with Crippen LogP contribution in [0.5, 0.6) is 0 Å². The van der Waals surface area contributed by atoms with Crippen molar-refractivity contribution >= 4 is 15.7 Å². The Kier molecular flexibility index (Phi) is 4.57. The van der Waals surface area contributed by atoms with E-state index in [2.05, 4.69) is 9.82 Å². The lowest BCUT2D eigenvalue weighted by Gasteiger charge is -2.05. The van der Waals surface area contributed by atoms with Crippen LogP contribution in [-0.4, -0.2) is 31.9 Å². The fraction of sp³-hybridized carbons (Fsp3) is 0.231. The average Bonchev–Trinajstić information content (AvgIpc) is 2.92. The monoisotopic (exact) mass is 306 g/mol. The van der Waals surface area contributed by atoms with Gasteiger partial charge < -0.3 is 4.74 Å². The molecule has 0 unspecified atom stereocenters. The number of benzene rings is 1. The molecule has 0 aliphatic rings. The molecule has 0 bridgehead atoms. The number of methoxy groups -OCH3 is 1. The summed E-state index contributed by atoms with van der Waals surface area (Å²) >= 11 is 0. The molecule has 0 aliphatic carbocycles. The van der Waals surface area contributed by atoms with Crippen LogP contribution >= 0.6 is 0 Å². The van der Waals surface area contributed by atoms with E-state index in [1.165, 1.54) is 30.5 Å². The third-order valence-electron chi connectivity index (χ3n) is 2.70. The van der Waals surface area contributed by atoms with Gasteiger partial charge in [-0.2, -0.15) is 10.4 Å². The SMILES string of the molecule is COCCn1cc(NS(=O)(=O)c2ccc(C#N)cc2)cn1. The number of aromatic nitrogens is 2. The predicted octanol–water partition coefficient (Wildman–Crippen LogP) is 1.20. The normalized spacial score (nSPS) is 11.0. The Morgan fingerprint density at radius 2 is 2.10 bits per heavy atom. The van der Waals surface area contributed by atoms with Crippen LogP contribution in [0.4, 0.5) is 5.69 Å². The van der Waals surface area contributed by atoms with Gasteiger partial charge in [-0.25, -0.2) is 8.42 Å². The molecule has 110 valence electrons. The van der Waals surface area contributed by atoms with E-state index in [0.717, 1.165) is 0 Å². The summed E-state index contributed by atoms with van der Waals surface area (Å²) in [5.74, 6) is 0. The third kappa shape index (κ3) is 3.81. The van der Waals surface area contributed by atoms with Gasteiger partial charge in [0.2, 0.25) is 0 Å². The highest BCUT2D eigenvalue weighted by Crippen LogP contribution is 2.15. The smallest absolute Gasteiger partial charge is 0.261 e. The Morgan fingerprint density at radius 1 is 1.38 bits per heavy atom. The Labute approximate surface area is 122 Å². The first-order valence-corrected chi connectivity index (χ1v) is 7.58. The Morgan fingerprint density at radius 3 is 2.71 bits per heavy atom. The minimum absolute atomic E-state index is 0.0890. The summed E-state index contributed by atoms with van der Waals surface area (Å²) in [6.45, 7) is 1.03. The summed E-state index contributed by atoms with van der Waals surface area (Å²) in [6.07, 6.45) is 3.01. The Hall–Kier alpha value is -2.37. The van der Waals surface area contributed by atoms with Gasteiger partial charge in [-0.05, 0) is 24.3 Å². The fourth-order valence-electron chi connectivity index (χ4n) is 1.65. The van der Waals surface area contributed by atoms with E-state index in [0.29, 0.717) is 24.4 Å². The number of hydrogen-bond acceptors (Lipinski definition) is 5. The van der Waals surface area contributed by atoms with Crippen LogP contribution in [0, 0.1) is 11.3 Å². The second-order valence-corrected chi connectivity index (χ2v) is 5.91. The summed E-state index contributed by atoms with van der Waals surface area (Å²) in [4.78, 5) is 0.0890. The largest absolute Gasteiger partial charge is 0.383 e. The van der Waals surface area contributed by atoms with Crippen LogP contribution in [0.25, 0.3) is 0 Å². The van der Waals surface area contributed by atoms with Crippen LogP contribution in [0.15, 0.2) is 41.6 Å². The molecule has 0 fully saturated rings. The van der Waals surface area contributed by atoms with Crippen molar-refractivity contribution in [3.63, 3.8) is 0 Å². The van der Waals surface area contributed by atoms with Gasteiger partial charge >= 0.3 is 0 Å². The number of rotatable bonds is 6. The van der Waals surface area contributed by atoms with Crippen LogP contribution in [0.3, 0.4) is 0 Å². The van der Waals surface area contributed by atoms with Crippen molar-refractivity contribution in [1.29, 1.82) is 5.26 Å². The van der Waals surface area contributed by atoms with Crippen molar-refractivity contribution in [1.82, 2.24) is 9.78 Å². The standard InChI is InChI=1S/C13H14N4O3S/c1-20-7-6-17-10-12(9-15-17)16-21(18,19)13-4-2-11(8-14)3-5-13/h2-5,9-10,16H,6-7H2,1H3. The Bertz CT molecular complexity index is 744. The maximum absolute atomic E-state index is 12.2. The summed E-state index contributed by atoms with van der Waals surface area (Å²) in [6, 6.07) is 7.62. The van der Waals surface area contributed by atoms with Gasteiger partial charge in [0, 0.05) is 13.3 Å². The van der Waals surface area contributed by atoms with Gasteiger partial charge in [0.25, 0.3) is 10.0 Å². The lowest BCUT2D eigenvalue weighted by molar-refractivity contribution is 0.183. The zero-order valence-corrected chi connectivity index (χ0v) is 12.2. The van der Waals surface area contributed by atoms with Crippen molar-refractivity contribution in [2.75, 3.05) is 18.4 Å². The van der Waals surface area contributed by atoms with Gasteiger partial charge in [0.05, 0.1) is 41.6 Å². The maximum Gasteiger partial charge on any atom is 0.261 e. The van der Waals surface area contributed by atoms with Crippen LogP contribution < -0.4 is 4.72 Å². The molecule has 0 atom stereocenters. The first kappa shape index (κ1) is 15.0. The van der Waals surface area contributed by atoms with Crippen LogP contribution in [0.2, 0.25) is 0 Å². The van der Waals surface area contributed by atoms with Gasteiger partial charge in [-0.3, -0.25) is 9.40 Å². The minimum atomic E-state index is -3.69. The van der Waals surface area contributed by atoms with Crippen molar-refractivity contribution in [3.05, 3.63) is 42.2 Å². The first-order valence-electron chi connectivity index (χ1n) is 6.09. The molecule has 0 spiro atoms. The number of anilines is 1. The molecule has 0 radical (unpaired) electrons. The minimum Gasteiger partial charge on any atom is -0.383 e. The molecule has 1 aromatic heterocycles. The summed E-state index contributed by atoms with van der Waals surface area (Å²) in [5, 5.41) is 12.7. The van der Waals surface area contributed by atoms with E-state index in [1.54, 1.807) is 18.0 Å². The molecule has 2 rings (SSSR count). The van der Waals surface area contributed by atoms with E-state index in [-0.39, 0.29) is 4.90 Å². The first-order chi connectivity index (χ1) is 10.0. The average molecular weight is 306 g/mol. The Balaban J connectivity index is 2.13. The van der Waals surface area contributed by atoms with E-state index in [4.69, 9.17) is 10.00 Å². The molecule has 0 amide bonds. The fourth-order valence-corrected chi connectivity index (χ4v) is 2.67. The number of ether oxygens (including phenoxy) is 1. The zero-order chi connectivity index (χ0) is 15.3. The number of nitrogens with zero attached hydrogens (tertiary/aromatic N) is 3. The molecule has 1 aromatic carbocycles. The summed E-state index contributed by atoms with van der Waals surface area (Å²) in [7, 11) is -2.11. The highest BCUT2D eigenvalue weighted by atomic mass is 32.2. The highest BCUT2D eigenvalue weighted by molar-refractivity contribution is 7.92. The second-order valence-electron chi connectivity index (χ2n) is 4.23. The molecule has 0 saturated carbocycles. The van der Waals surface area contributed by atoms with Crippen LogP contribution in [-0.2, 0) is 21.3 Å². The van der Waals surface area contributed by atoms with E-state index >= 15 is 0 Å². The van der Waals surface area contributed by atoms with Crippen molar-refractivity contribution < 1.29 is 13.2 Å². The molecule has 1 heterocycles. The van der Waals surface area contributed by atoms with Crippen molar-refractivity contribution in [2.45, 2.75) is 11.4 Å². The summed E-state index contributed by atoms with van der Waals surface area (Å²) < 4.78 is 33.3. The van der Waals surface area contributed by atoms with Gasteiger partial charge in [-0.1, -0.05) is 0 Å². The predicted molar refractivity (Wildman–Crippen MR) is 76.1 cm³/mol. The molecule has 1 N–H and O–H groups in total. The zero-order valence-electron chi connectivity index (χ0n) is 11.4. The molecule has 0 aliphatic heterocycles. The number of nitrogens with one attached hydrogen (secondary N) is 1. The lowest BCUT2D eigenvalue weighted by atomic mass is 10.2. The molecule has 21 heavy (non-hydrogen) atoms. The quantitative estimate of drug-likeness (QED) is 0.865. The molecule has 8 heteroatoms. The second kappa shape index (κ2) is 6.39. The van der Waals surface area contributed by atoms with Crippen molar-refractivity contribution in [3.8, 4) is 6.07 Å². The van der Waals surface area contributed by atoms with Gasteiger partial charge in [0.15, 0.2) is 0 Å². The number of sulfonamides is 1. The van der Waals surface area contributed by atoms with E-state index in [9.17, 15) is 8.42 Å². The van der Waals surface area contributed by atoms with E-state index < -0.39 is 10.0 Å². The number of hydrogen-bond donors (Lipinski definition) is 1. The molecular formula is C13H14N4O3S. The molecule has 7 nitrogen and oxygen atoms in total. The highest BCUT2D eigenvalue weighted by Gasteiger charge is 2.15. The molecule has 0 saturated heterocycles. The third-order valence-corrected chi connectivity index (χ3v) is 4.10.